The van der Waals surface area contributed by atoms with E-state index >= 15 is 0 Å². The Balaban J connectivity index is 0. The lowest BCUT2D eigenvalue weighted by Gasteiger charge is -1.62. The van der Waals surface area contributed by atoms with Gasteiger partial charge in [0.25, 0.3) is 6.08 Å². The Bertz CT molecular complexity index is 46.8. The molecule has 0 atom stereocenters. The summed E-state index contributed by atoms with van der Waals surface area (Å²) in [4.78, 5) is 0. The van der Waals surface area contributed by atoms with Crippen molar-refractivity contribution in [3.8, 4) is 0 Å². The predicted molar refractivity (Wildman–Crippen MR) is 26.3 cm³/mol. The van der Waals surface area contributed by atoms with Crippen molar-refractivity contribution in [1.82, 2.24) is 0 Å². The molecule has 0 unspecified atom stereocenters. The first kappa shape index (κ1) is 9.43. The van der Waals surface area contributed by atoms with E-state index < -0.39 is 6.08 Å². The maximum atomic E-state index is 10.6. The zero-order chi connectivity index (χ0) is 4.28. The number of allylic oxidation sites excluding steroid dienone is 1. The van der Waals surface area contributed by atoms with Gasteiger partial charge in [-0.3, -0.25) is 0 Å². The Hall–Kier alpha value is 0.0800. The molecule has 6 heavy (non-hydrogen) atoms. The predicted octanol–water partition coefficient (Wildman–Crippen LogP) is 2.36. The zero-order valence-electron chi connectivity index (χ0n) is 3.24. The fourth-order valence-corrected chi connectivity index (χ4v) is 0. The lowest BCUT2D eigenvalue weighted by Crippen LogP contribution is -1.44. The molecule has 0 bridgehead atoms. The van der Waals surface area contributed by atoms with E-state index in [1.807, 2.05) is 0 Å². The molecule has 0 aliphatic heterocycles. The maximum absolute atomic E-state index is 10.6. The van der Waals surface area contributed by atoms with Crippen molar-refractivity contribution in [2.24, 2.45) is 0 Å². The van der Waals surface area contributed by atoms with Crippen LogP contribution >= 0.6 is 17.0 Å². The van der Waals surface area contributed by atoms with Crippen LogP contribution in [0.25, 0.3) is 0 Å². The molecule has 0 N–H and O–H groups in total. The van der Waals surface area contributed by atoms with Gasteiger partial charge in [-0.15, -0.1) is 17.0 Å². The second-order valence-corrected chi connectivity index (χ2v) is 0.578. The van der Waals surface area contributed by atoms with Gasteiger partial charge in [-0.1, -0.05) is 0 Å². The third-order valence-electron chi connectivity index (χ3n) is 0.218. The van der Waals surface area contributed by atoms with Crippen molar-refractivity contribution in [3.05, 3.63) is 12.2 Å². The molecule has 0 radical (unpaired) electrons. The molecule has 0 aliphatic rings. The van der Waals surface area contributed by atoms with Gasteiger partial charge in [-0.2, -0.15) is 8.78 Å². The average Bonchev–Trinajstić information content (AvgIpc) is 1.38. The molecule has 0 aromatic carbocycles. The highest BCUT2D eigenvalue weighted by Gasteiger charge is 1.74. The first-order chi connectivity index (χ1) is 2.27. The number of halogens is 3. The zero-order valence-corrected chi connectivity index (χ0v) is 4.95. The van der Waals surface area contributed by atoms with Crippen LogP contribution in [0.1, 0.15) is 6.92 Å². The molecule has 0 fully saturated rings. The Morgan fingerprint density at radius 1 is 1.50 bits per heavy atom. The monoisotopic (exact) mass is 158 g/mol. The van der Waals surface area contributed by atoms with Crippen molar-refractivity contribution in [2.75, 3.05) is 0 Å². The molecule has 38 valence electrons. The number of hydrogen-bond acceptors (Lipinski definition) is 0. The van der Waals surface area contributed by atoms with Crippen molar-refractivity contribution < 1.29 is 8.78 Å². The molecule has 0 spiro atoms. The minimum absolute atomic E-state index is 0. The standard InChI is InChI=1S/C3H4F2.BrH/c1-2-3(4)5;/h2H,1H3;1H. The molecule has 0 aromatic heterocycles. The molecule has 3 heteroatoms. The molecule has 0 saturated heterocycles. The van der Waals surface area contributed by atoms with Gasteiger partial charge in [0.1, 0.15) is 0 Å². The van der Waals surface area contributed by atoms with Gasteiger partial charge in [0.15, 0.2) is 0 Å². The highest BCUT2D eigenvalue weighted by molar-refractivity contribution is 8.93. The first-order valence-corrected chi connectivity index (χ1v) is 1.24. The van der Waals surface area contributed by atoms with Crippen LogP contribution in [0.3, 0.4) is 0 Å². The molecule has 0 heterocycles. The van der Waals surface area contributed by atoms with Crippen molar-refractivity contribution in [1.29, 1.82) is 0 Å². The van der Waals surface area contributed by atoms with E-state index in [1.54, 1.807) is 0 Å². The summed E-state index contributed by atoms with van der Waals surface area (Å²) in [6.07, 6.45) is -0.870. The van der Waals surface area contributed by atoms with Crippen LogP contribution in [0.4, 0.5) is 8.78 Å². The summed E-state index contributed by atoms with van der Waals surface area (Å²) >= 11 is 0. The van der Waals surface area contributed by atoms with Crippen LogP contribution in [0.15, 0.2) is 12.2 Å². The fraction of sp³-hybridized carbons (Fsp3) is 0.333. The minimum Gasteiger partial charge on any atom is -0.174 e. The number of rotatable bonds is 0. The maximum Gasteiger partial charge on any atom is 0.266 e. The summed E-state index contributed by atoms with van der Waals surface area (Å²) in [7, 11) is 0. The average molecular weight is 159 g/mol. The molecule has 0 saturated carbocycles. The summed E-state index contributed by atoms with van der Waals surface area (Å²) in [5.41, 5.74) is 0. The Kier molecular flexibility index (Phi) is 7.98. The molecule has 0 aromatic rings. The Morgan fingerprint density at radius 2 is 1.67 bits per heavy atom. The lowest BCUT2D eigenvalue weighted by atomic mass is 10.7. The molecule has 0 aliphatic carbocycles. The van der Waals surface area contributed by atoms with Crippen molar-refractivity contribution in [2.45, 2.75) is 6.92 Å². The van der Waals surface area contributed by atoms with E-state index in [9.17, 15) is 8.78 Å². The van der Waals surface area contributed by atoms with E-state index in [1.165, 1.54) is 6.92 Å². The first-order valence-electron chi connectivity index (χ1n) is 1.24. The summed E-state index contributed by atoms with van der Waals surface area (Å²) in [5, 5.41) is 0. The van der Waals surface area contributed by atoms with Gasteiger partial charge in [0, 0.05) is 0 Å². The topological polar surface area (TPSA) is 0 Å². The second-order valence-electron chi connectivity index (χ2n) is 0.578. The third kappa shape index (κ3) is 8.95. The molecular weight excluding hydrogens is 154 g/mol. The van der Waals surface area contributed by atoms with Crippen LogP contribution in [-0.4, -0.2) is 0 Å². The van der Waals surface area contributed by atoms with Crippen molar-refractivity contribution in [3.63, 3.8) is 0 Å². The normalized spacial score (nSPS) is 5.83. The highest BCUT2D eigenvalue weighted by atomic mass is 79.9. The van der Waals surface area contributed by atoms with Crippen LogP contribution in [0.2, 0.25) is 0 Å². The van der Waals surface area contributed by atoms with Gasteiger partial charge >= 0.3 is 0 Å². The third-order valence-corrected chi connectivity index (χ3v) is 0.218. The molecule has 0 amide bonds. The van der Waals surface area contributed by atoms with E-state index in [-0.39, 0.29) is 17.0 Å². The SMILES string of the molecule is Br.CC=C(F)F. The minimum atomic E-state index is -1.62. The van der Waals surface area contributed by atoms with Crippen LogP contribution in [-0.2, 0) is 0 Å². The van der Waals surface area contributed by atoms with Crippen LogP contribution < -0.4 is 0 Å². The molecular formula is C3H5BrF2. The van der Waals surface area contributed by atoms with Gasteiger partial charge in [0.05, 0.1) is 0 Å². The Morgan fingerprint density at radius 3 is 1.67 bits per heavy atom. The van der Waals surface area contributed by atoms with Gasteiger partial charge < -0.3 is 0 Å². The summed E-state index contributed by atoms with van der Waals surface area (Å²) < 4.78 is 21.2. The Labute approximate surface area is 45.6 Å². The van der Waals surface area contributed by atoms with E-state index in [4.69, 9.17) is 0 Å². The summed E-state index contributed by atoms with van der Waals surface area (Å²) in [6.45, 7) is 1.29. The van der Waals surface area contributed by atoms with Crippen molar-refractivity contribution >= 4 is 17.0 Å². The molecule has 0 nitrogen and oxygen atoms in total. The van der Waals surface area contributed by atoms with Gasteiger partial charge in [-0.05, 0) is 13.0 Å². The lowest BCUT2D eigenvalue weighted by molar-refractivity contribution is 0.420. The fourth-order valence-electron chi connectivity index (χ4n) is 0. The second kappa shape index (κ2) is 5.08. The van der Waals surface area contributed by atoms with E-state index in [0.29, 0.717) is 0 Å². The largest absolute Gasteiger partial charge is 0.266 e. The van der Waals surface area contributed by atoms with Crippen LogP contribution in [0, 0.1) is 0 Å². The van der Waals surface area contributed by atoms with Crippen LogP contribution in [0.5, 0.6) is 0 Å². The summed E-state index contributed by atoms with van der Waals surface area (Å²) in [6, 6.07) is 0. The van der Waals surface area contributed by atoms with Gasteiger partial charge in [0.2, 0.25) is 0 Å². The smallest absolute Gasteiger partial charge is 0.174 e. The van der Waals surface area contributed by atoms with E-state index in [2.05, 4.69) is 0 Å². The quantitative estimate of drug-likeness (QED) is 0.508. The van der Waals surface area contributed by atoms with E-state index in [0.717, 1.165) is 6.08 Å². The summed E-state index contributed by atoms with van der Waals surface area (Å²) in [5.74, 6) is 0. The molecule has 0 rings (SSSR count). The van der Waals surface area contributed by atoms with Gasteiger partial charge in [-0.25, -0.2) is 0 Å². The highest BCUT2D eigenvalue weighted by Crippen LogP contribution is 1.92. The number of hydrogen-bond donors (Lipinski definition) is 0.